The van der Waals surface area contributed by atoms with Gasteiger partial charge in [0, 0.05) is 0 Å². The lowest BCUT2D eigenvalue weighted by molar-refractivity contribution is -0.156. The summed E-state index contributed by atoms with van der Waals surface area (Å²) in [6, 6.07) is 8.06. The third-order valence-electron chi connectivity index (χ3n) is 4.17. The highest BCUT2D eigenvalue weighted by atomic mass is 16.6. The van der Waals surface area contributed by atoms with E-state index < -0.39 is 29.7 Å². The molecule has 1 fully saturated rings. The van der Waals surface area contributed by atoms with Crippen LogP contribution in [-0.2, 0) is 30.4 Å². The Labute approximate surface area is 165 Å². The minimum absolute atomic E-state index is 0.0938. The summed E-state index contributed by atoms with van der Waals surface area (Å²) >= 11 is 0. The van der Waals surface area contributed by atoms with E-state index in [1.165, 1.54) is 0 Å². The third kappa shape index (κ3) is 7.98. The lowest BCUT2D eigenvalue weighted by Gasteiger charge is -2.23. The summed E-state index contributed by atoms with van der Waals surface area (Å²) in [4.78, 5) is 36.8. The number of rotatable bonds is 7. The molecule has 0 radical (unpaired) electrons. The van der Waals surface area contributed by atoms with E-state index >= 15 is 0 Å². The summed E-state index contributed by atoms with van der Waals surface area (Å²) in [5.74, 6) is -1.25. The van der Waals surface area contributed by atoms with Crippen LogP contribution in [0, 0.1) is 0 Å². The molecule has 1 saturated carbocycles. The average Bonchev–Trinajstić information content (AvgIpc) is 3.11. The Bertz CT molecular complexity index is 661. The molecule has 2 rings (SSSR count). The molecule has 1 aliphatic rings. The molecule has 0 unspecified atom stereocenters. The Hall–Kier alpha value is -2.57. The molecule has 7 heteroatoms. The van der Waals surface area contributed by atoms with Gasteiger partial charge in [0.15, 0.2) is 0 Å². The van der Waals surface area contributed by atoms with Crippen molar-refractivity contribution in [3.05, 3.63) is 35.9 Å². The lowest BCUT2D eigenvalue weighted by atomic mass is 10.2. The SMILES string of the molecule is CC(C)(C)OC(=O)N[C@@H](CC(=O)OCc1ccccc1)C(=O)OC1CCCC1. The van der Waals surface area contributed by atoms with Crippen molar-refractivity contribution in [2.45, 2.75) is 77.2 Å². The molecular weight excluding hydrogens is 362 g/mol. The fourth-order valence-electron chi connectivity index (χ4n) is 2.86. The van der Waals surface area contributed by atoms with Crippen LogP contribution in [0.1, 0.15) is 58.4 Å². The number of hydrogen-bond donors (Lipinski definition) is 1. The van der Waals surface area contributed by atoms with Crippen LogP contribution in [0.4, 0.5) is 4.79 Å². The van der Waals surface area contributed by atoms with E-state index in [4.69, 9.17) is 14.2 Å². The van der Waals surface area contributed by atoms with Crippen LogP contribution < -0.4 is 5.32 Å². The predicted octanol–water partition coefficient (Wildman–Crippen LogP) is 3.50. The van der Waals surface area contributed by atoms with Gasteiger partial charge in [-0.05, 0) is 52.0 Å². The van der Waals surface area contributed by atoms with Gasteiger partial charge in [0.05, 0.1) is 6.42 Å². The molecule has 1 atom stereocenters. The smallest absolute Gasteiger partial charge is 0.408 e. The highest BCUT2D eigenvalue weighted by Crippen LogP contribution is 2.21. The van der Waals surface area contributed by atoms with E-state index in [1.807, 2.05) is 30.3 Å². The van der Waals surface area contributed by atoms with Crippen molar-refractivity contribution in [2.24, 2.45) is 0 Å². The minimum Gasteiger partial charge on any atom is -0.461 e. The van der Waals surface area contributed by atoms with Gasteiger partial charge < -0.3 is 19.5 Å². The predicted molar refractivity (Wildman–Crippen MR) is 102 cm³/mol. The van der Waals surface area contributed by atoms with E-state index in [2.05, 4.69) is 5.32 Å². The van der Waals surface area contributed by atoms with Crippen LogP contribution in [0.5, 0.6) is 0 Å². The van der Waals surface area contributed by atoms with Gasteiger partial charge in [-0.1, -0.05) is 30.3 Å². The minimum atomic E-state index is -1.15. The van der Waals surface area contributed by atoms with E-state index in [9.17, 15) is 14.4 Å². The van der Waals surface area contributed by atoms with Crippen molar-refractivity contribution in [2.75, 3.05) is 0 Å². The Morgan fingerprint density at radius 1 is 1.11 bits per heavy atom. The molecule has 1 aliphatic carbocycles. The first-order valence-corrected chi connectivity index (χ1v) is 9.62. The van der Waals surface area contributed by atoms with Crippen molar-refractivity contribution in [3.63, 3.8) is 0 Å². The number of carbonyl (C=O) groups is 3. The molecule has 0 saturated heterocycles. The Balaban J connectivity index is 1.94. The van der Waals surface area contributed by atoms with E-state index in [0.717, 1.165) is 31.2 Å². The van der Waals surface area contributed by atoms with Crippen LogP contribution in [0.25, 0.3) is 0 Å². The first kappa shape index (κ1) is 21.7. The van der Waals surface area contributed by atoms with Gasteiger partial charge in [-0.2, -0.15) is 0 Å². The van der Waals surface area contributed by atoms with Gasteiger partial charge in [0.1, 0.15) is 24.4 Å². The molecule has 28 heavy (non-hydrogen) atoms. The second-order valence-electron chi connectivity index (χ2n) is 7.89. The molecule has 1 N–H and O–H groups in total. The summed E-state index contributed by atoms with van der Waals surface area (Å²) in [7, 11) is 0. The van der Waals surface area contributed by atoms with Gasteiger partial charge in [0.2, 0.25) is 0 Å². The molecule has 154 valence electrons. The van der Waals surface area contributed by atoms with Gasteiger partial charge in [-0.25, -0.2) is 9.59 Å². The highest BCUT2D eigenvalue weighted by molar-refractivity contribution is 5.86. The summed E-state index contributed by atoms with van der Waals surface area (Å²) in [6.45, 7) is 5.24. The standard InChI is InChI=1S/C21H29NO6/c1-21(2,3)28-20(25)22-17(19(24)27-16-11-7-8-12-16)13-18(23)26-14-15-9-5-4-6-10-15/h4-6,9-10,16-17H,7-8,11-14H2,1-3H3,(H,22,25)/t17-/m0/s1. The maximum atomic E-state index is 12.5. The largest absolute Gasteiger partial charge is 0.461 e. The Morgan fingerprint density at radius 2 is 1.75 bits per heavy atom. The van der Waals surface area contributed by atoms with Crippen molar-refractivity contribution < 1.29 is 28.6 Å². The van der Waals surface area contributed by atoms with Crippen molar-refractivity contribution >= 4 is 18.0 Å². The zero-order chi connectivity index (χ0) is 20.6. The van der Waals surface area contributed by atoms with Crippen LogP contribution in [0.2, 0.25) is 0 Å². The van der Waals surface area contributed by atoms with E-state index in [-0.39, 0.29) is 19.1 Å². The first-order valence-electron chi connectivity index (χ1n) is 9.62. The molecule has 7 nitrogen and oxygen atoms in total. The lowest BCUT2D eigenvalue weighted by Crippen LogP contribution is -2.46. The van der Waals surface area contributed by atoms with Crippen LogP contribution in [0.15, 0.2) is 30.3 Å². The van der Waals surface area contributed by atoms with Crippen LogP contribution >= 0.6 is 0 Å². The second kappa shape index (κ2) is 10.1. The molecule has 0 heterocycles. The van der Waals surface area contributed by atoms with Crippen LogP contribution in [0.3, 0.4) is 0 Å². The van der Waals surface area contributed by atoms with Gasteiger partial charge in [-0.3, -0.25) is 4.79 Å². The number of nitrogens with one attached hydrogen (secondary N) is 1. The molecular formula is C21H29NO6. The number of alkyl carbamates (subject to hydrolysis) is 1. The fourth-order valence-corrected chi connectivity index (χ4v) is 2.86. The molecule has 0 aliphatic heterocycles. The summed E-state index contributed by atoms with van der Waals surface area (Å²) in [5.41, 5.74) is 0.110. The van der Waals surface area contributed by atoms with Crippen LogP contribution in [-0.4, -0.2) is 35.8 Å². The monoisotopic (exact) mass is 391 g/mol. The second-order valence-corrected chi connectivity index (χ2v) is 7.89. The maximum absolute atomic E-state index is 12.5. The summed E-state index contributed by atoms with van der Waals surface area (Å²) in [6.07, 6.45) is 2.32. The Morgan fingerprint density at radius 3 is 2.36 bits per heavy atom. The van der Waals surface area contributed by atoms with E-state index in [1.54, 1.807) is 20.8 Å². The van der Waals surface area contributed by atoms with Crippen molar-refractivity contribution in [3.8, 4) is 0 Å². The molecule has 0 bridgehead atoms. The maximum Gasteiger partial charge on any atom is 0.408 e. The van der Waals surface area contributed by atoms with Gasteiger partial charge in [-0.15, -0.1) is 0 Å². The quantitative estimate of drug-likeness (QED) is 0.565. The van der Waals surface area contributed by atoms with E-state index in [0.29, 0.717) is 0 Å². The van der Waals surface area contributed by atoms with Crippen molar-refractivity contribution in [1.82, 2.24) is 5.32 Å². The zero-order valence-corrected chi connectivity index (χ0v) is 16.7. The summed E-state index contributed by atoms with van der Waals surface area (Å²) in [5, 5.41) is 2.44. The number of benzene rings is 1. The molecule has 0 spiro atoms. The molecule has 1 aromatic carbocycles. The zero-order valence-electron chi connectivity index (χ0n) is 16.7. The number of esters is 2. The Kier molecular flexibility index (Phi) is 7.84. The number of amides is 1. The fraction of sp³-hybridized carbons (Fsp3) is 0.571. The topological polar surface area (TPSA) is 90.9 Å². The number of ether oxygens (including phenoxy) is 3. The van der Waals surface area contributed by atoms with Gasteiger partial charge in [0.25, 0.3) is 0 Å². The first-order chi connectivity index (χ1) is 13.2. The third-order valence-corrected chi connectivity index (χ3v) is 4.17. The van der Waals surface area contributed by atoms with Gasteiger partial charge >= 0.3 is 18.0 Å². The average molecular weight is 391 g/mol. The normalized spacial score (nSPS) is 15.5. The van der Waals surface area contributed by atoms with Crippen molar-refractivity contribution in [1.29, 1.82) is 0 Å². The molecule has 1 amide bonds. The number of hydrogen-bond acceptors (Lipinski definition) is 6. The summed E-state index contributed by atoms with van der Waals surface area (Å²) < 4.78 is 15.9. The number of carbonyl (C=O) groups excluding carboxylic acids is 3. The molecule has 0 aromatic heterocycles. The molecule has 1 aromatic rings. The highest BCUT2D eigenvalue weighted by Gasteiger charge is 2.31.